The van der Waals surface area contributed by atoms with Crippen molar-refractivity contribution in [3.05, 3.63) is 24.3 Å². The van der Waals surface area contributed by atoms with Gasteiger partial charge in [-0.25, -0.2) is 0 Å². The largest absolute Gasteiger partial charge is 0.478 e. The zero-order valence-electron chi connectivity index (χ0n) is 15.0. The number of para-hydroxylation sites is 2. The Morgan fingerprint density at radius 1 is 1.23 bits per heavy atom. The first-order valence-corrected chi connectivity index (χ1v) is 9.15. The zero-order valence-corrected chi connectivity index (χ0v) is 15.0. The highest BCUT2D eigenvalue weighted by Crippen LogP contribution is 2.34. The fourth-order valence-electron chi connectivity index (χ4n) is 3.54. The fraction of sp³-hybridized carbons (Fsp3) is 0.526. The number of anilines is 1. The Kier molecular flexibility index (Phi) is 5.44. The molecule has 1 unspecified atom stereocenters. The number of rotatable bonds is 5. The molecule has 1 fully saturated rings. The highest BCUT2D eigenvalue weighted by Gasteiger charge is 2.33. The molecule has 7 nitrogen and oxygen atoms in total. The lowest BCUT2D eigenvalue weighted by atomic mass is 9.96. The number of piperidine rings is 1. The van der Waals surface area contributed by atoms with Crippen LogP contribution in [0.2, 0.25) is 0 Å². The minimum Gasteiger partial charge on any atom is -0.478 e. The number of primary amides is 1. The third kappa shape index (κ3) is 3.66. The molecule has 2 aliphatic rings. The molecule has 3 rings (SSSR count). The molecule has 140 valence electrons. The van der Waals surface area contributed by atoms with Crippen molar-refractivity contribution in [1.29, 1.82) is 0 Å². The van der Waals surface area contributed by atoms with E-state index in [-0.39, 0.29) is 30.1 Å². The highest BCUT2D eigenvalue weighted by atomic mass is 16.5. The number of hydrogen-bond acceptors (Lipinski definition) is 4. The van der Waals surface area contributed by atoms with Crippen LogP contribution in [0.25, 0.3) is 0 Å². The van der Waals surface area contributed by atoms with Gasteiger partial charge in [-0.1, -0.05) is 19.1 Å². The van der Waals surface area contributed by atoms with E-state index in [4.69, 9.17) is 10.5 Å². The summed E-state index contributed by atoms with van der Waals surface area (Å²) in [6, 6.07) is 7.40. The van der Waals surface area contributed by atoms with E-state index in [1.165, 1.54) is 0 Å². The molecule has 0 radical (unpaired) electrons. The topological polar surface area (TPSA) is 92.9 Å². The van der Waals surface area contributed by atoms with Crippen LogP contribution in [0.3, 0.4) is 0 Å². The van der Waals surface area contributed by atoms with Crippen molar-refractivity contribution < 1.29 is 19.1 Å². The third-order valence-electron chi connectivity index (χ3n) is 5.14. The Labute approximate surface area is 153 Å². The second-order valence-electron chi connectivity index (χ2n) is 6.78. The van der Waals surface area contributed by atoms with Gasteiger partial charge in [0.05, 0.1) is 5.69 Å². The van der Waals surface area contributed by atoms with Crippen LogP contribution in [0.4, 0.5) is 5.69 Å². The molecule has 0 aromatic heterocycles. The molecule has 1 aromatic carbocycles. The molecule has 26 heavy (non-hydrogen) atoms. The number of carbonyl (C=O) groups is 3. The Morgan fingerprint density at radius 2 is 1.92 bits per heavy atom. The van der Waals surface area contributed by atoms with Crippen molar-refractivity contribution in [2.24, 2.45) is 11.7 Å². The van der Waals surface area contributed by atoms with E-state index in [1.807, 2.05) is 31.2 Å². The molecule has 0 aliphatic carbocycles. The lowest BCUT2D eigenvalue weighted by Crippen LogP contribution is -2.47. The molecule has 1 atom stereocenters. The number of nitrogens with zero attached hydrogens (tertiary/aromatic N) is 2. The number of nitrogens with two attached hydrogens (primary N) is 1. The van der Waals surface area contributed by atoms with Gasteiger partial charge in [0.25, 0.3) is 5.91 Å². The smallest absolute Gasteiger partial charge is 0.268 e. The Bertz CT molecular complexity index is 698. The number of amides is 3. The zero-order chi connectivity index (χ0) is 18.7. The molecule has 1 aromatic rings. The first kappa shape index (κ1) is 18.2. The minimum atomic E-state index is -0.508. The summed E-state index contributed by atoms with van der Waals surface area (Å²) in [6.45, 7) is 3.31. The number of carbonyl (C=O) groups excluding carboxylic acids is 3. The normalized spacial score (nSPS) is 20.5. The number of benzene rings is 1. The molecule has 0 spiro atoms. The van der Waals surface area contributed by atoms with Crippen LogP contribution >= 0.6 is 0 Å². The molecule has 0 bridgehead atoms. The molecule has 2 N–H and O–H groups in total. The van der Waals surface area contributed by atoms with Crippen LogP contribution in [-0.2, 0) is 14.4 Å². The molecule has 1 saturated heterocycles. The van der Waals surface area contributed by atoms with Crippen molar-refractivity contribution in [2.75, 3.05) is 24.5 Å². The van der Waals surface area contributed by atoms with E-state index in [2.05, 4.69) is 0 Å². The van der Waals surface area contributed by atoms with Crippen molar-refractivity contribution in [3.63, 3.8) is 0 Å². The monoisotopic (exact) mass is 359 g/mol. The Morgan fingerprint density at radius 3 is 2.58 bits per heavy atom. The maximum atomic E-state index is 12.7. The van der Waals surface area contributed by atoms with E-state index >= 15 is 0 Å². The molecular formula is C19H25N3O4. The van der Waals surface area contributed by atoms with Crippen LogP contribution in [0.15, 0.2) is 24.3 Å². The molecule has 7 heteroatoms. The van der Waals surface area contributed by atoms with Crippen LogP contribution in [-0.4, -0.2) is 48.4 Å². The van der Waals surface area contributed by atoms with Crippen LogP contribution in [0.5, 0.6) is 5.75 Å². The van der Waals surface area contributed by atoms with Crippen molar-refractivity contribution in [2.45, 2.75) is 38.7 Å². The SMILES string of the molecule is CCC1Oc2ccccc2N(CCC(=O)N2CCC(C(N)=O)CC2)C1=O. The van der Waals surface area contributed by atoms with Crippen molar-refractivity contribution in [1.82, 2.24) is 4.90 Å². The quantitative estimate of drug-likeness (QED) is 0.858. The van der Waals surface area contributed by atoms with Crippen LogP contribution in [0.1, 0.15) is 32.6 Å². The van der Waals surface area contributed by atoms with E-state index in [0.29, 0.717) is 50.3 Å². The first-order chi connectivity index (χ1) is 12.5. The highest BCUT2D eigenvalue weighted by molar-refractivity contribution is 6.00. The summed E-state index contributed by atoms with van der Waals surface area (Å²) in [5, 5.41) is 0. The summed E-state index contributed by atoms with van der Waals surface area (Å²) in [5.41, 5.74) is 6.04. The maximum absolute atomic E-state index is 12.7. The molecule has 2 aliphatic heterocycles. The Hall–Kier alpha value is -2.57. The van der Waals surface area contributed by atoms with Gasteiger partial charge in [-0.05, 0) is 31.4 Å². The molecule has 3 amide bonds. The van der Waals surface area contributed by atoms with Gasteiger partial charge in [-0.3, -0.25) is 14.4 Å². The van der Waals surface area contributed by atoms with Crippen molar-refractivity contribution in [3.8, 4) is 5.75 Å². The average Bonchev–Trinajstić information content (AvgIpc) is 2.66. The molecule has 2 heterocycles. The summed E-state index contributed by atoms with van der Waals surface area (Å²) >= 11 is 0. The van der Waals surface area contributed by atoms with Gasteiger partial charge in [0.1, 0.15) is 5.75 Å². The molecular weight excluding hydrogens is 334 g/mol. The predicted molar refractivity (Wildman–Crippen MR) is 96.6 cm³/mol. The van der Waals surface area contributed by atoms with Gasteiger partial charge < -0.3 is 20.3 Å². The molecule has 0 saturated carbocycles. The lowest BCUT2D eigenvalue weighted by Gasteiger charge is -2.35. The van der Waals surface area contributed by atoms with E-state index < -0.39 is 6.10 Å². The van der Waals surface area contributed by atoms with E-state index in [0.717, 1.165) is 0 Å². The predicted octanol–water partition coefficient (Wildman–Crippen LogP) is 1.30. The minimum absolute atomic E-state index is 0.00209. The maximum Gasteiger partial charge on any atom is 0.268 e. The van der Waals surface area contributed by atoms with Crippen molar-refractivity contribution >= 4 is 23.4 Å². The second kappa shape index (κ2) is 7.76. The van der Waals surface area contributed by atoms with Gasteiger partial charge in [0.2, 0.25) is 11.8 Å². The number of ether oxygens (including phenoxy) is 1. The number of likely N-dealkylation sites (tertiary alicyclic amines) is 1. The van der Waals surface area contributed by atoms with E-state index in [1.54, 1.807) is 9.80 Å². The first-order valence-electron chi connectivity index (χ1n) is 9.15. The summed E-state index contributed by atoms with van der Waals surface area (Å²) < 4.78 is 5.75. The van der Waals surface area contributed by atoms with Gasteiger partial charge >= 0.3 is 0 Å². The summed E-state index contributed by atoms with van der Waals surface area (Å²) in [7, 11) is 0. The number of fused-ring (bicyclic) bond motifs is 1. The summed E-state index contributed by atoms with van der Waals surface area (Å²) in [6.07, 6.45) is 1.54. The van der Waals surface area contributed by atoms with Gasteiger partial charge in [-0.2, -0.15) is 0 Å². The third-order valence-corrected chi connectivity index (χ3v) is 5.14. The van der Waals surface area contributed by atoms with Gasteiger partial charge in [0.15, 0.2) is 6.10 Å². The standard InChI is InChI=1S/C19H25N3O4/c1-2-15-19(25)22(14-5-3-4-6-16(14)26-15)12-9-17(23)21-10-7-13(8-11-21)18(20)24/h3-6,13,15H,2,7-12H2,1H3,(H2,20,24). The average molecular weight is 359 g/mol. The van der Waals surface area contributed by atoms with Crippen LogP contribution < -0.4 is 15.4 Å². The second-order valence-corrected chi connectivity index (χ2v) is 6.78. The summed E-state index contributed by atoms with van der Waals surface area (Å²) in [4.78, 5) is 39.8. The lowest BCUT2D eigenvalue weighted by molar-refractivity contribution is -0.134. The number of hydrogen-bond donors (Lipinski definition) is 1. The summed E-state index contributed by atoms with van der Waals surface area (Å²) in [5.74, 6) is 0.133. The van der Waals surface area contributed by atoms with Gasteiger partial charge in [-0.15, -0.1) is 0 Å². The van der Waals surface area contributed by atoms with Gasteiger partial charge in [0, 0.05) is 32.0 Å². The fourth-order valence-corrected chi connectivity index (χ4v) is 3.54. The van der Waals surface area contributed by atoms with E-state index in [9.17, 15) is 14.4 Å². The Balaban J connectivity index is 1.62. The van der Waals surface area contributed by atoms with Crippen LogP contribution in [0, 0.1) is 5.92 Å².